The Hall–Kier alpha value is -1.02. The zero-order chi connectivity index (χ0) is 13.5. The zero-order valence-electron chi connectivity index (χ0n) is 12.4. The van der Waals surface area contributed by atoms with Crippen molar-refractivity contribution in [3.8, 4) is 5.75 Å². The van der Waals surface area contributed by atoms with Gasteiger partial charge in [-0.15, -0.1) is 0 Å². The normalized spacial score (nSPS) is 14.6. The van der Waals surface area contributed by atoms with Crippen molar-refractivity contribution < 1.29 is 4.74 Å². The first-order valence-corrected chi connectivity index (χ1v) is 6.89. The molecule has 1 N–H and O–H groups in total. The van der Waals surface area contributed by atoms with Crippen LogP contribution in [0.15, 0.2) is 24.3 Å². The van der Waals surface area contributed by atoms with Gasteiger partial charge in [0.05, 0.1) is 7.11 Å². The maximum absolute atomic E-state index is 5.38. The summed E-state index contributed by atoms with van der Waals surface area (Å²) in [7, 11) is 1.73. The number of methoxy groups -OCH3 is 1. The van der Waals surface area contributed by atoms with Gasteiger partial charge in [0.25, 0.3) is 0 Å². The van der Waals surface area contributed by atoms with Crippen LogP contribution in [0.5, 0.6) is 5.75 Å². The lowest BCUT2D eigenvalue weighted by molar-refractivity contribution is 0.369. The summed E-state index contributed by atoms with van der Waals surface area (Å²) in [6.07, 6.45) is 1.01. The minimum Gasteiger partial charge on any atom is -0.496 e. The monoisotopic (exact) mass is 249 g/mol. The van der Waals surface area contributed by atoms with Gasteiger partial charge in [0, 0.05) is 6.04 Å². The van der Waals surface area contributed by atoms with Crippen LogP contribution in [0, 0.1) is 11.8 Å². The second kappa shape index (κ2) is 7.42. The van der Waals surface area contributed by atoms with Crippen LogP contribution >= 0.6 is 0 Å². The van der Waals surface area contributed by atoms with Crippen LogP contribution in [-0.4, -0.2) is 19.7 Å². The number of hydrogen-bond donors (Lipinski definition) is 1. The highest BCUT2D eigenvalue weighted by atomic mass is 16.5. The molecule has 0 spiro atoms. The molecule has 0 aliphatic carbocycles. The van der Waals surface area contributed by atoms with Gasteiger partial charge < -0.3 is 10.1 Å². The van der Waals surface area contributed by atoms with Crippen molar-refractivity contribution in [1.82, 2.24) is 5.32 Å². The van der Waals surface area contributed by atoms with Crippen molar-refractivity contribution in [1.29, 1.82) is 0 Å². The molecule has 0 heterocycles. The fraction of sp³-hybridized carbons (Fsp3) is 0.625. The highest BCUT2D eigenvalue weighted by Gasteiger charge is 2.11. The summed E-state index contributed by atoms with van der Waals surface area (Å²) in [6.45, 7) is 10.2. The molecule has 0 fully saturated rings. The van der Waals surface area contributed by atoms with Crippen molar-refractivity contribution in [3.05, 3.63) is 29.8 Å². The van der Waals surface area contributed by atoms with Gasteiger partial charge in [0.15, 0.2) is 0 Å². The third-order valence-corrected chi connectivity index (χ3v) is 3.64. The quantitative estimate of drug-likeness (QED) is 0.798. The van der Waals surface area contributed by atoms with Crippen molar-refractivity contribution in [3.63, 3.8) is 0 Å². The molecule has 0 aliphatic heterocycles. The summed E-state index contributed by atoms with van der Waals surface area (Å²) >= 11 is 0. The molecule has 2 nitrogen and oxygen atoms in total. The van der Waals surface area contributed by atoms with E-state index in [0.29, 0.717) is 12.0 Å². The average molecular weight is 249 g/mol. The van der Waals surface area contributed by atoms with E-state index in [1.165, 1.54) is 5.56 Å². The Labute approximate surface area is 112 Å². The third-order valence-electron chi connectivity index (χ3n) is 3.64. The molecule has 1 aromatic rings. The van der Waals surface area contributed by atoms with Crippen molar-refractivity contribution in [2.45, 2.75) is 40.2 Å². The van der Waals surface area contributed by atoms with Crippen LogP contribution < -0.4 is 10.1 Å². The lowest BCUT2D eigenvalue weighted by Gasteiger charge is -2.21. The molecule has 0 aromatic heterocycles. The van der Waals surface area contributed by atoms with Crippen LogP contribution in [0.1, 0.15) is 33.3 Å². The van der Waals surface area contributed by atoms with Gasteiger partial charge in [-0.1, -0.05) is 39.0 Å². The molecule has 0 saturated heterocycles. The smallest absolute Gasteiger partial charge is 0.122 e. The number of nitrogens with one attached hydrogen (secondary N) is 1. The highest BCUT2D eigenvalue weighted by molar-refractivity contribution is 5.33. The van der Waals surface area contributed by atoms with Crippen LogP contribution in [0.4, 0.5) is 0 Å². The summed E-state index contributed by atoms with van der Waals surface area (Å²) in [6, 6.07) is 8.73. The van der Waals surface area contributed by atoms with Crippen molar-refractivity contribution in [2.75, 3.05) is 13.7 Å². The molecule has 2 heteroatoms. The summed E-state index contributed by atoms with van der Waals surface area (Å²) in [5.74, 6) is 2.43. The summed E-state index contributed by atoms with van der Waals surface area (Å²) in [4.78, 5) is 0. The number of para-hydroxylation sites is 1. The third kappa shape index (κ3) is 4.69. The fourth-order valence-electron chi connectivity index (χ4n) is 1.90. The van der Waals surface area contributed by atoms with E-state index in [2.05, 4.69) is 45.1 Å². The van der Waals surface area contributed by atoms with Crippen molar-refractivity contribution in [2.24, 2.45) is 11.8 Å². The molecule has 0 amide bonds. The predicted molar refractivity (Wildman–Crippen MR) is 78.2 cm³/mol. The Morgan fingerprint density at radius 1 is 1.11 bits per heavy atom. The van der Waals surface area contributed by atoms with Crippen LogP contribution in [0.2, 0.25) is 0 Å². The van der Waals surface area contributed by atoms with Gasteiger partial charge in [-0.2, -0.15) is 0 Å². The SMILES string of the molecule is COc1ccccc1CC(C)NCC(C)C(C)C. The second-order valence-corrected chi connectivity index (χ2v) is 5.55. The van der Waals surface area contributed by atoms with E-state index < -0.39 is 0 Å². The Morgan fingerprint density at radius 3 is 2.39 bits per heavy atom. The van der Waals surface area contributed by atoms with E-state index in [1.54, 1.807) is 7.11 Å². The largest absolute Gasteiger partial charge is 0.496 e. The molecular weight excluding hydrogens is 222 g/mol. The number of ether oxygens (including phenoxy) is 1. The molecule has 2 atom stereocenters. The molecular formula is C16H27NO. The van der Waals surface area contributed by atoms with E-state index in [-0.39, 0.29) is 0 Å². The van der Waals surface area contributed by atoms with Crippen LogP contribution in [-0.2, 0) is 6.42 Å². The Morgan fingerprint density at radius 2 is 1.78 bits per heavy atom. The predicted octanol–water partition coefficient (Wildman–Crippen LogP) is 3.51. The van der Waals surface area contributed by atoms with Crippen molar-refractivity contribution >= 4 is 0 Å². The van der Waals surface area contributed by atoms with Gasteiger partial charge in [-0.05, 0) is 43.4 Å². The van der Waals surface area contributed by atoms with Gasteiger partial charge in [-0.3, -0.25) is 0 Å². The number of hydrogen-bond acceptors (Lipinski definition) is 2. The fourth-order valence-corrected chi connectivity index (χ4v) is 1.90. The first kappa shape index (κ1) is 15.0. The topological polar surface area (TPSA) is 21.3 Å². The molecule has 2 unspecified atom stereocenters. The van der Waals surface area contributed by atoms with Crippen LogP contribution in [0.25, 0.3) is 0 Å². The second-order valence-electron chi connectivity index (χ2n) is 5.55. The minimum absolute atomic E-state index is 0.475. The molecule has 0 aliphatic rings. The maximum Gasteiger partial charge on any atom is 0.122 e. The lowest BCUT2D eigenvalue weighted by atomic mass is 9.97. The van der Waals surface area contributed by atoms with E-state index in [9.17, 15) is 0 Å². The van der Waals surface area contributed by atoms with Gasteiger partial charge in [0.2, 0.25) is 0 Å². The van der Waals surface area contributed by atoms with Gasteiger partial charge in [-0.25, -0.2) is 0 Å². The molecule has 102 valence electrons. The summed E-state index contributed by atoms with van der Waals surface area (Å²) < 4.78 is 5.38. The van der Waals surface area contributed by atoms with Gasteiger partial charge >= 0.3 is 0 Å². The molecule has 1 aromatic carbocycles. The Balaban J connectivity index is 2.46. The molecule has 18 heavy (non-hydrogen) atoms. The molecule has 1 rings (SSSR count). The average Bonchev–Trinajstić information content (AvgIpc) is 2.36. The maximum atomic E-state index is 5.38. The standard InChI is InChI=1S/C16H27NO/c1-12(2)13(3)11-17-14(4)10-15-8-6-7-9-16(15)18-5/h6-9,12-14,17H,10-11H2,1-5H3. The summed E-state index contributed by atoms with van der Waals surface area (Å²) in [5.41, 5.74) is 1.28. The van der Waals surface area contributed by atoms with E-state index >= 15 is 0 Å². The molecule has 0 radical (unpaired) electrons. The highest BCUT2D eigenvalue weighted by Crippen LogP contribution is 2.19. The van der Waals surface area contributed by atoms with E-state index in [1.807, 2.05) is 12.1 Å². The summed E-state index contributed by atoms with van der Waals surface area (Å²) in [5, 5.41) is 3.61. The molecule has 0 bridgehead atoms. The Kier molecular flexibility index (Phi) is 6.20. The number of rotatable bonds is 7. The number of benzene rings is 1. The Bertz CT molecular complexity index is 349. The zero-order valence-corrected chi connectivity index (χ0v) is 12.4. The lowest BCUT2D eigenvalue weighted by Crippen LogP contribution is -2.33. The van der Waals surface area contributed by atoms with E-state index in [0.717, 1.165) is 24.6 Å². The first-order chi connectivity index (χ1) is 8.54. The van der Waals surface area contributed by atoms with E-state index in [4.69, 9.17) is 4.74 Å². The van der Waals surface area contributed by atoms with Gasteiger partial charge in [0.1, 0.15) is 5.75 Å². The van der Waals surface area contributed by atoms with Crippen LogP contribution in [0.3, 0.4) is 0 Å². The first-order valence-electron chi connectivity index (χ1n) is 6.89. The minimum atomic E-state index is 0.475. The molecule has 0 saturated carbocycles.